The fourth-order valence-corrected chi connectivity index (χ4v) is 6.28. The molecule has 14 heteroatoms. The first-order valence-corrected chi connectivity index (χ1v) is 14.6. The third-order valence-corrected chi connectivity index (χ3v) is 8.30. The van der Waals surface area contributed by atoms with Gasteiger partial charge >= 0.3 is 18.2 Å². The number of nitrogens with zero attached hydrogens (tertiary/aromatic N) is 1. The van der Waals surface area contributed by atoms with Gasteiger partial charge in [-0.25, -0.2) is 26.8 Å². The maximum absolute atomic E-state index is 15.1. The van der Waals surface area contributed by atoms with Gasteiger partial charge in [0.1, 0.15) is 17.2 Å². The third kappa shape index (κ3) is 7.00. The van der Waals surface area contributed by atoms with Crippen LogP contribution in [0.3, 0.4) is 0 Å². The molecule has 3 saturated carbocycles. The van der Waals surface area contributed by atoms with Crippen molar-refractivity contribution < 1.29 is 49.4 Å². The molecule has 0 heterocycles. The largest absolute Gasteiger partial charge is 0.458 e. The highest BCUT2D eigenvalue weighted by molar-refractivity contribution is 7.90. The Hall–Kier alpha value is -2.77. The molecule has 4 rings (SSSR count). The van der Waals surface area contributed by atoms with Gasteiger partial charge in [-0.3, -0.25) is 0 Å². The number of carbonyl (C=O) groups is 2. The minimum Gasteiger partial charge on any atom is -0.458 e. The summed E-state index contributed by atoms with van der Waals surface area (Å²) in [4.78, 5) is 24.7. The smallest absolute Gasteiger partial charge is 0.416 e. The molecule has 1 aromatic carbocycles. The number of amides is 1. The Kier molecular flexibility index (Phi) is 8.38. The number of rotatable bonds is 9. The molecule has 1 N–H and O–H groups in total. The molecule has 0 spiro atoms. The van der Waals surface area contributed by atoms with Crippen LogP contribution in [0, 0.1) is 5.41 Å². The third-order valence-electron chi connectivity index (χ3n) is 7.11. The zero-order valence-electron chi connectivity index (χ0n) is 23.7. The van der Waals surface area contributed by atoms with Gasteiger partial charge in [-0.05, 0) is 78.5 Å². The second kappa shape index (κ2) is 10.5. The normalized spacial score (nSPS) is 24.7. The van der Waals surface area contributed by atoms with Crippen LogP contribution in [0.2, 0.25) is 0 Å². The second-order valence-corrected chi connectivity index (χ2v) is 14.4. The Morgan fingerprint density at radius 2 is 1.54 bits per heavy atom. The monoisotopic (exact) mass is 610 g/mol. The van der Waals surface area contributed by atoms with E-state index in [1.165, 1.54) is 0 Å². The standard InChI is InChI=1S/C27H35F5N2O6S/c1-22(2,3)39-20(35)19(34-21(36)40-23(4,5)6)11-13-33-41(37,38)14-12-24-15-25(16-24,27(24,31)32)17-7-9-18(10-8-17)26(28,29)30/h7-10,13,19H,11-12,14-16H2,1-6H3,(H,34,36)/t19-,24?,25?/m0/s1. The summed E-state index contributed by atoms with van der Waals surface area (Å²) in [5, 5.41) is 2.32. The Morgan fingerprint density at radius 3 is 2.00 bits per heavy atom. The molecule has 0 saturated heterocycles. The maximum Gasteiger partial charge on any atom is 0.416 e. The highest BCUT2D eigenvalue weighted by atomic mass is 32.2. The van der Waals surface area contributed by atoms with Gasteiger partial charge in [0, 0.05) is 18.1 Å². The Balaban J connectivity index is 1.62. The van der Waals surface area contributed by atoms with Crippen molar-refractivity contribution in [3.63, 3.8) is 0 Å². The molecule has 41 heavy (non-hydrogen) atoms. The number of nitrogens with one attached hydrogen (secondary N) is 1. The molecule has 0 radical (unpaired) electrons. The zero-order valence-corrected chi connectivity index (χ0v) is 24.5. The number of halogens is 5. The van der Waals surface area contributed by atoms with Crippen LogP contribution in [0.1, 0.15) is 78.4 Å². The molecule has 8 nitrogen and oxygen atoms in total. The topological polar surface area (TPSA) is 111 Å². The average molecular weight is 611 g/mol. The van der Waals surface area contributed by atoms with E-state index in [4.69, 9.17) is 9.47 Å². The molecule has 3 aliphatic rings. The molecule has 0 unspecified atom stereocenters. The first-order valence-electron chi connectivity index (χ1n) is 13.0. The molecule has 1 atom stereocenters. The molecule has 3 fully saturated rings. The summed E-state index contributed by atoms with van der Waals surface area (Å²) >= 11 is 0. The number of alkyl carbamates (subject to hydrolysis) is 1. The Morgan fingerprint density at radius 1 is 1.00 bits per heavy atom. The van der Waals surface area contributed by atoms with Gasteiger partial charge in [-0.1, -0.05) is 12.1 Å². The SMILES string of the molecule is CC(C)(C)OC(=O)N[C@@H](CC=NS(=O)(=O)CCC12CC(c3ccc(C(F)(F)F)cc3)(C1)C2(F)F)C(=O)OC(C)(C)C. The summed E-state index contributed by atoms with van der Waals surface area (Å²) in [5.74, 6) is -4.84. The molecule has 1 amide bonds. The zero-order chi connectivity index (χ0) is 31.3. The fourth-order valence-electron chi connectivity index (χ4n) is 5.22. The minimum atomic E-state index is -4.59. The molecule has 2 bridgehead atoms. The number of hydrogen-bond acceptors (Lipinski definition) is 6. The van der Waals surface area contributed by atoms with Gasteiger partial charge in [-0.2, -0.15) is 17.6 Å². The van der Waals surface area contributed by atoms with E-state index >= 15 is 8.78 Å². The average Bonchev–Trinajstić information content (AvgIpc) is 2.74. The van der Waals surface area contributed by atoms with E-state index < -0.39 is 80.0 Å². The van der Waals surface area contributed by atoms with Gasteiger partial charge in [0.15, 0.2) is 0 Å². The molecule has 230 valence electrons. The van der Waals surface area contributed by atoms with Gasteiger partial charge in [-0.15, -0.1) is 0 Å². The molecule has 1 aromatic rings. The Bertz CT molecular complexity index is 1290. The molecule has 3 aliphatic carbocycles. The predicted octanol–water partition coefficient (Wildman–Crippen LogP) is 5.79. The van der Waals surface area contributed by atoms with Gasteiger partial charge in [0.2, 0.25) is 0 Å². The van der Waals surface area contributed by atoms with Crippen molar-refractivity contribution in [1.29, 1.82) is 0 Å². The number of hydrogen-bond donors (Lipinski definition) is 1. The van der Waals surface area contributed by atoms with Crippen LogP contribution in [0.4, 0.5) is 26.7 Å². The number of carbonyl (C=O) groups excluding carboxylic acids is 2. The van der Waals surface area contributed by atoms with Gasteiger partial charge in [0.05, 0.1) is 16.7 Å². The van der Waals surface area contributed by atoms with E-state index in [1.54, 1.807) is 41.5 Å². The minimum absolute atomic E-state index is 0.0574. The van der Waals surface area contributed by atoms with Crippen LogP contribution in [-0.2, 0) is 35.9 Å². The lowest BCUT2D eigenvalue weighted by Gasteiger charge is -2.76. The molecule has 0 aromatic heterocycles. The van der Waals surface area contributed by atoms with Gasteiger partial charge < -0.3 is 14.8 Å². The van der Waals surface area contributed by atoms with Crippen molar-refractivity contribution in [2.75, 3.05) is 5.75 Å². The highest BCUT2D eigenvalue weighted by Crippen LogP contribution is 2.82. The number of benzene rings is 1. The summed E-state index contributed by atoms with van der Waals surface area (Å²) < 4.78 is 108. The van der Waals surface area contributed by atoms with E-state index in [1.807, 2.05) is 0 Å². The van der Waals surface area contributed by atoms with E-state index in [2.05, 4.69) is 9.71 Å². The van der Waals surface area contributed by atoms with Gasteiger partial charge in [0.25, 0.3) is 15.9 Å². The van der Waals surface area contributed by atoms with E-state index in [9.17, 15) is 31.2 Å². The molecular formula is C27H35F5N2O6S. The first-order chi connectivity index (χ1) is 18.4. The van der Waals surface area contributed by atoms with Crippen LogP contribution in [-0.4, -0.2) is 55.6 Å². The quantitative estimate of drug-likeness (QED) is 0.215. The van der Waals surface area contributed by atoms with Crippen molar-refractivity contribution >= 4 is 28.3 Å². The number of sulfonamides is 1. The number of esters is 1. The van der Waals surface area contributed by atoms with Crippen molar-refractivity contribution in [3.05, 3.63) is 35.4 Å². The van der Waals surface area contributed by atoms with Crippen LogP contribution in [0.5, 0.6) is 0 Å². The number of ether oxygens (including phenoxy) is 2. The van der Waals surface area contributed by atoms with E-state index in [0.717, 1.165) is 30.5 Å². The lowest BCUT2D eigenvalue weighted by molar-refractivity contribution is -0.371. The van der Waals surface area contributed by atoms with Crippen LogP contribution < -0.4 is 5.32 Å². The fraction of sp³-hybridized carbons (Fsp3) is 0.667. The van der Waals surface area contributed by atoms with Crippen molar-refractivity contribution in [2.24, 2.45) is 9.81 Å². The van der Waals surface area contributed by atoms with Crippen LogP contribution in [0.25, 0.3) is 0 Å². The van der Waals surface area contributed by atoms with Crippen LogP contribution in [0.15, 0.2) is 28.7 Å². The summed E-state index contributed by atoms with van der Waals surface area (Å²) in [6.07, 6.45) is -5.51. The maximum atomic E-state index is 15.1. The van der Waals surface area contributed by atoms with E-state index in [0.29, 0.717) is 0 Å². The Labute approximate surface area is 236 Å². The van der Waals surface area contributed by atoms with Crippen molar-refractivity contribution in [2.45, 2.75) is 102 Å². The predicted molar refractivity (Wildman–Crippen MR) is 140 cm³/mol. The summed E-state index contributed by atoms with van der Waals surface area (Å²) in [7, 11) is -4.22. The molecule has 0 aliphatic heterocycles. The first kappa shape index (κ1) is 32.7. The van der Waals surface area contributed by atoms with Crippen molar-refractivity contribution in [1.82, 2.24) is 5.32 Å². The summed E-state index contributed by atoms with van der Waals surface area (Å²) in [5.41, 5.74) is -5.82. The number of alkyl halides is 5. The summed E-state index contributed by atoms with van der Waals surface area (Å²) in [6.45, 7) is 9.67. The van der Waals surface area contributed by atoms with E-state index in [-0.39, 0.29) is 24.8 Å². The highest BCUT2D eigenvalue weighted by Gasteiger charge is 2.87. The lowest BCUT2D eigenvalue weighted by Crippen LogP contribution is -2.81. The lowest BCUT2D eigenvalue weighted by atomic mass is 9.30. The summed E-state index contributed by atoms with van der Waals surface area (Å²) in [6, 6.07) is 2.30. The second-order valence-electron chi connectivity index (χ2n) is 12.7. The van der Waals surface area contributed by atoms with Crippen molar-refractivity contribution in [3.8, 4) is 0 Å². The molecular weight excluding hydrogens is 575 g/mol. The van der Waals surface area contributed by atoms with Crippen LogP contribution >= 0.6 is 0 Å².